The monoisotopic (exact) mass is 328 g/mol. The lowest BCUT2D eigenvalue weighted by atomic mass is 10.1. The van der Waals surface area contributed by atoms with E-state index in [0.29, 0.717) is 36.5 Å². The standard InChI is InChI=1S/C16H22ClFN2O2/c1-11(20-8-6-12(21)7-9-20)16(22)19(2)10-13-14(17)4-3-5-15(13)18/h3-5,11-12,21H,6-10H2,1-2H3. The van der Waals surface area contributed by atoms with E-state index in [4.69, 9.17) is 11.6 Å². The van der Waals surface area contributed by atoms with Crippen LogP contribution in [0.4, 0.5) is 4.39 Å². The number of aliphatic hydroxyl groups is 1. The van der Waals surface area contributed by atoms with Gasteiger partial charge in [0.05, 0.1) is 12.1 Å². The fourth-order valence-electron chi connectivity index (χ4n) is 2.75. The van der Waals surface area contributed by atoms with Gasteiger partial charge < -0.3 is 10.0 Å². The van der Waals surface area contributed by atoms with Crippen molar-refractivity contribution in [3.63, 3.8) is 0 Å². The molecular formula is C16H22ClFN2O2. The second-order valence-electron chi connectivity index (χ2n) is 5.84. The zero-order chi connectivity index (χ0) is 16.3. The first-order valence-corrected chi connectivity index (χ1v) is 7.88. The molecule has 0 aromatic heterocycles. The Morgan fingerprint density at radius 1 is 1.50 bits per heavy atom. The van der Waals surface area contributed by atoms with Gasteiger partial charge in [-0.05, 0) is 31.9 Å². The normalized spacial score (nSPS) is 18.2. The molecule has 1 aliphatic heterocycles. The van der Waals surface area contributed by atoms with Crippen LogP contribution in [-0.4, -0.2) is 53.1 Å². The van der Waals surface area contributed by atoms with Gasteiger partial charge in [0.15, 0.2) is 0 Å². The molecule has 1 saturated heterocycles. The first-order chi connectivity index (χ1) is 10.4. The summed E-state index contributed by atoms with van der Waals surface area (Å²) in [6.45, 7) is 3.38. The van der Waals surface area contributed by atoms with E-state index in [1.807, 2.05) is 6.92 Å². The Morgan fingerprint density at radius 2 is 2.14 bits per heavy atom. The third-order valence-electron chi connectivity index (χ3n) is 4.24. The van der Waals surface area contributed by atoms with E-state index in [2.05, 4.69) is 4.90 Å². The zero-order valence-electron chi connectivity index (χ0n) is 12.9. The number of hydrogen-bond donors (Lipinski definition) is 1. The Kier molecular flexibility index (Phi) is 5.78. The van der Waals surface area contributed by atoms with Gasteiger partial charge in [0.1, 0.15) is 5.82 Å². The van der Waals surface area contributed by atoms with Crippen LogP contribution in [0.5, 0.6) is 0 Å². The van der Waals surface area contributed by atoms with Crippen LogP contribution in [0.15, 0.2) is 18.2 Å². The molecule has 0 bridgehead atoms. The van der Waals surface area contributed by atoms with Crippen molar-refractivity contribution in [2.24, 2.45) is 0 Å². The quantitative estimate of drug-likeness (QED) is 0.922. The number of nitrogens with zero attached hydrogens (tertiary/aromatic N) is 2. The minimum absolute atomic E-state index is 0.0734. The summed E-state index contributed by atoms with van der Waals surface area (Å²) in [5.74, 6) is -0.475. The summed E-state index contributed by atoms with van der Waals surface area (Å²) >= 11 is 6.01. The van der Waals surface area contributed by atoms with Gasteiger partial charge in [-0.1, -0.05) is 17.7 Å². The molecule has 1 unspecified atom stereocenters. The second-order valence-corrected chi connectivity index (χ2v) is 6.24. The summed E-state index contributed by atoms with van der Waals surface area (Å²) in [5, 5.41) is 9.86. The molecule has 1 N–H and O–H groups in total. The van der Waals surface area contributed by atoms with Gasteiger partial charge in [-0.25, -0.2) is 4.39 Å². The molecule has 1 heterocycles. The van der Waals surface area contributed by atoms with Crippen molar-refractivity contribution in [3.8, 4) is 0 Å². The molecule has 0 spiro atoms. The highest BCUT2D eigenvalue weighted by Crippen LogP contribution is 2.21. The molecule has 4 nitrogen and oxygen atoms in total. The van der Waals surface area contributed by atoms with Crippen LogP contribution >= 0.6 is 11.6 Å². The van der Waals surface area contributed by atoms with E-state index in [-0.39, 0.29) is 24.6 Å². The van der Waals surface area contributed by atoms with Crippen molar-refractivity contribution >= 4 is 17.5 Å². The summed E-state index contributed by atoms with van der Waals surface area (Å²) in [4.78, 5) is 16.1. The Bertz CT molecular complexity index is 513. The third kappa shape index (κ3) is 3.97. The summed E-state index contributed by atoms with van der Waals surface area (Å²) in [7, 11) is 1.65. The number of aliphatic hydroxyl groups excluding tert-OH is 1. The van der Waals surface area contributed by atoms with Crippen LogP contribution < -0.4 is 0 Å². The minimum Gasteiger partial charge on any atom is -0.393 e. The van der Waals surface area contributed by atoms with Gasteiger partial charge in [0.25, 0.3) is 0 Å². The fourth-order valence-corrected chi connectivity index (χ4v) is 2.97. The summed E-state index contributed by atoms with van der Waals surface area (Å²) in [5.41, 5.74) is 0.335. The van der Waals surface area contributed by atoms with E-state index in [1.165, 1.54) is 11.0 Å². The van der Waals surface area contributed by atoms with E-state index in [9.17, 15) is 14.3 Å². The third-order valence-corrected chi connectivity index (χ3v) is 4.59. The van der Waals surface area contributed by atoms with Crippen molar-refractivity contribution < 1.29 is 14.3 Å². The first kappa shape index (κ1) is 17.2. The molecule has 1 fully saturated rings. The molecule has 122 valence electrons. The molecule has 1 aromatic rings. The minimum atomic E-state index is -0.402. The molecule has 0 radical (unpaired) electrons. The van der Waals surface area contributed by atoms with Gasteiger partial charge >= 0.3 is 0 Å². The highest BCUT2D eigenvalue weighted by Gasteiger charge is 2.28. The van der Waals surface area contributed by atoms with Crippen molar-refractivity contribution in [2.45, 2.75) is 38.5 Å². The Morgan fingerprint density at radius 3 is 2.73 bits per heavy atom. The van der Waals surface area contributed by atoms with Crippen LogP contribution in [0.25, 0.3) is 0 Å². The Balaban J connectivity index is 1.99. The van der Waals surface area contributed by atoms with Gasteiger partial charge in [0.2, 0.25) is 5.91 Å². The van der Waals surface area contributed by atoms with Crippen LogP contribution in [0.2, 0.25) is 5.02 Å². The van der Waals surface area contributed by atoms with Crippen LogP contribution in [0.1, 0.15) is 25.3 Å². The van der Waals surface area contributed by atoms with E-state index < -0.39 is 5.82 Å². The summed E-state index contributed by atoms with van der Waals surface area (Å²) in [6.07, 6.45) is 1.09. The number of carbonyl (C=O) groups excluding carboxylic acids is 1. The van der Waals surface area contributed by atoms with Crippen molar-refractivity contribution in [1.29, 1.82) is 0 Å². The van der Waals surface area contributed by atoms with Gasteiger partial charge in [-0.15, -0.1) is 0 Å². The van der Waals surface area contributed by atoms with Gasteiger partial charge in [0, 0.05) is 37.3 Å². The number of rotatable bonds is 4. The van der Waals surface area contributed by atoms with Crippen LogP contribution in [-0.2, 0) is 11.3 Å². The second kappa shape index (κ2) is 7.40. The largest absolute Gasteiger partial charge is 0.393 e. The van der Waals surface area contributed by atoms with Crippen LogP contribution in [0, 0.1) is 5.82 Å². The van der Waals surface area contributed by atoms with E-state index in [1.54, 1.807) is 19.2 Å². The highest BCUT2D eigenvalue weighted by atomic mass is 35.5. The number of carbonyl (C=O) groups is 1. The topological polar surface area (TPSA) is 43.8 Å². The lowest BCUT2D eigenvalue weighted by Gasteiger charge is -2.35. The van der Waals surface area contributed by atoms with E-state index in [0.717, 1.165) is 0 Å². The zero-order valence-corrected chi connectivity index (χ0v) is 13.7. The maximum Gasteiger partial charge on any atom is 0.239 e. The molecule has 1 amide bonds. The summed E-state index contributed by atoms with van der Waals surface area (Å²) < 4.78 is 13.8. The number of amides is 1. The number of halogens is 2. The lowest BCUT2D eigenvalue weighted by molar-refractivity contribution is -0.136. The predicted octanol–water partition coefficient (Wildman–Crippen LogP) is 2.28. The number of benzene rings is 1. The molecule has 22 heavy (non-hydrogen) atoms. The van der Waals surface area contributed by atoms with Crippen molar-refractivity contribution in [2.75, 3.05) is 20.1 Å². The van der Waals surface area contributed by atoms with Gasteiger partial charge in [-0.2, -0.15) is 0 Å². The van der Waals surface area contributed by atoms with E-state index >= 15 is 0 Å². The highest BCUT2D eigenvalue weighted by molar-refractivity contribution is 6.31. The van der Waals surface area contributed by atoms with Crippen molar-refractivity contribution in [3.05, 3.63) is 34.6 Å². The first-order valence-electron chi connectivity index (χ1n) is 7.50. The fraction of sp³-hybridized carbons (Fsp3) is 0.562. The molecular weight excluding hydrogens is 307 g/mol. The predicted molar refractivity (Wildman–Crippen MR) is 84.2 cm³/mol. The molecule has 2 rings (SSSR count). The Labute approximate surface area is 135 Å². The van der Waals surface area contributed by atoms with Crippen LogP contribution in [0.3, 0.4) is 0 Å². The molecule has 1 atom stereocenters. The molecule has 1 aromatic carbocycles. The number of likely N-dealkylation sites (tertiary alicyclic amines) is 1. The molecule has 6 heteroatoms. The number of hydrogen-bond acceptors (Lipinski definition) is 3. The Hall–Kier alpha value is -1.17. The van der Waals surface area contributed by atoms with Crippen molar-refractivity contribution in [1.82, 2.24) is 9.80 Å². The molecule has 0 aliphatic carbocycles. The number of likely N-dealkylation sites (N-methyl/N-ethyl adjacent to an activating group) is 1. The lowest BCUT2D eigenvalue weighted by Crippen LogP contribution is -2.49. The number of piperidine rings is 1. The van der Waals surface area contributed by atoms with Gasteiger partial charge in [-0.3, -0.25) is 9.69 Å². The maximum absolute atomic E-state index is 13.8. The summed E-state index contributed by atoms with van der Waals surface area (Å²) in [6, 6.07) is 4.22. The molecule has 1 aliphatic rings. The molecule has 0 saturated carbocycles. The maximum atomic E-state index is 13.8. The smallest absolute Gasteiger partial charge is 0.239 e. The average molecular weight is 329 g/mol. The average Bonchev–Trinajstić information content (AvgIpc) is 2.50. The SMILES string of the molecule is CC(C(=O)N(C)Cc1c(F)cccc1Cl)N1CCC(O)CC1.